The molecule has 0 spiro atoms. The van der Waals surface area contributed by atoms with Gasteiger partial charge in [0, 0.05) is 25.5 Å². The number of nitrogens with one attached hydrogen (secondary N) is 1. The minimum Gasteiger partial charge on any atom is -0.444 e. The molecule has 1 aromatic rings. The van der Waals surface area contributed by atoms with Gasteiger partial charge in [0.15, 0.2) is 0 Å². The van der Waals surface area contributed by atoms with Gasteiger partial charge in [-0.25, -0.2) is 4.79 Å². The van der Waals surface area contributed by atoms with E-state index in [1.54, 1.807) is 0 Å². The molecule has 140 valence electrons. The lowest BCUT2D eigenvalue weighted by molar-refractivity contribution is -0.119. The molecule has 1 rings (SSSR count). The SMILES string of the molecule is CCC(CC(=O)CCCOCc1ccccc1)NC(=O)OC(C)(C)C. The second-order valence-electron chi connectivity index (χ2n) is 7.14. The monoisotopic (exact) mass is 349 g/mol. The highest BCUT2D eigenvalue weighted by Crippen LogP contribution is 2.09. The fourth-order valence-electron chi connectivity index (χ4n) is 2.28. The summed E-state index contributed by atoms with van der Waals surface area (Å²) in [6.45, 7) is 8.50. The molecule has 1 aromatic carbocycles. The van der Waals surface area contributed by atoms with Gasteiger partial charge in [-0.1, -0.05) is 37.3 Å². The predicted molar refractivity (Wildman–Crippen MR) is 98.4 cm³/mol. The molecule has 0 saturated carbocycles. The average molecular weight is 349 g/mol. The number of carbonyl (C=O) groups is 2. The number of ketones is 1. The molecule has 0 saturated heterocycles. The van der Waals surface area contributed by atoms with Crippen LogP contribution < -0.4 is 5.32 Å². The number of benzene rings is 1. The van der Waals surface area contributed by atoms with Gasteiger partial charge in [0.2, 0.25) is 0 Å². The lowest BCUT2D eigenvalue weighted by atomic mass is 10.1. The van der Waals surface area contributed by atoms with E-state index < -0.39 is 11.7 Å². The number of hydrogen-bond donors (Lipinski definition) is 1. The second kappa shape index (κ2) is 10.9. The van der Waals surface area contributed by atoms with Crippen LogP contribution in [-0.4, -0.2) is 30.1 Å². The summed E-state index contributed by atoms with van der Waals surface area (Å²) in [5, 5.41) is 2.76. The molecule has 5 nitrogen and oxygen atoms in total. The molecular formula is C20H31NO4. The Kier molecular flexibility index (Phi) is 9.21. The van der Waals surface area contributed by atoms with E-state index in [4.69, 9.17) is 9.47 Å². The van der Waals surface area contributed by atoms with Crippen molar-refractivity contribution in [3.05, 3.63) is 35.9 Å². The Hall–Kier alpha value is -1.88. The van der Waals surface area contributed by atoms with Crippen molar-refractivity contribution in [1.29, 1.82) is 0 Å². The zero-order valence-electron chi connectivity index (χ0n) is 15.8. The van der Waals surface area contributed by atoms with E-state index in [9.17, 15) is 9.59 Å². The Morgan fingerprint density at radius 1 is 1.16 bits per heavy atom. The van der Waals surface area contributed by atoms with Gasteiger partial charge in [-0.3, -0.25) is 4.79 Å². The summed E-state index contributed by atoms with van der Waals surface area (Å²) in [6, 6.07) is 9.76. The zero-order valence-corrected chi connectivity index (χ0v) is 15.8. The summed E-state index contributed by atoms with van der Waals surface area (Å²) in [5.41, 5.74) is 0.587. The fraction of sp³-hybridized carbons (Fsp3) is 0.600. The molecule has 0 fully saturated rings. The van der Waals surface area contributed by atoms with Gasteiger partial charge in [-0.15, -0.1) is 0 Å². The van der Waals surface area contributed by atoms with Crippen LogP contribution in [0.3, 0.4) is 0 Å². The maximum Gasteiger partial charge on any atom is 0.407 e. The summed E-state index contributed by atoms with van der Waals surface area (Å²) in [4.78, 5) is 23.8. The molecule has 25 heavy (non-hydrogen) atoms. The van der Waals surface area contributed by atoms with Gasteiger partial charge in [-0.05, 0) is 39.2 Å². The van der Waals surface area contributed by atoms with Crippen LogP contribution in [0, 0.1) is 0 Å². The third-order valence-electron chi connectivity index (χ3n) is 3.54. The van der Waals surface area contributed by atoms with Gasteiger partial charge >= 0.3 is 6.09 Å². The molecule has 0 aliphatic carbocycles. The van der Waals surface area contributed by atoms with Crippen molar-refractivity contribution in [2.75, 3.05) is 6.61 Å². The Balaban J connectivity index is 2.19. The van der Waals surface area contributed by atoms with E-state index in [0.717, 1.165) is 5.56 Å². The molecule has 1 atom stereocenters. The van der Waals surface area contributed by atoms with Crippen LogP contribution in [0.25, 0.3) is 0 Å². The Morgan fingerprint density at radius 3 is 2.44 bits per heavy atom. The van der Waals surface area contributed by atoms with E-state index in [1.165, 1.54) is 0 Å². The van der Waals surface area contributed by atoms with Gasteiger partial charge in [-0.2, -0.15) is 0 Å². The third-order valence-corrected chi connectivity index (χ3v) is 3.54. The van der Waals surface area contributed by atoms with E-state index in [1.807, 2.05) is 58.0 Å². The molecule has 5 heteroatoms. The quantitative estimate of drug-likeness (QED) is 0.642. The van der Waals surface area contributed by atoms with Crippen molar-refractivity contribution in [2.45, 2.75) is 71.6 Å². The molecule has 0 heterocycles. The molecule has 1 unspecified atom stereocenters. The van der Waals surface area contributed by atoms with Gasteiger partial charge < -0.3 is 14.8 Å². The highest BCUT2D eigenvalue weighted by atomic mass is 16.6. The summed E-state index contributed by atoms with van der Waals surface area (Å²) in [7, 11) is 0. The van der Waals surface area contributed by atoms with Crippen LogP contribution in [0.2, 0.25) is 0 Å². The average Bonchev–Trinajstić information content (AvgIpc) is 2.53. The maximum atomic E-state index is 12.1. The van der Waals surface area contributed by atoms with Crippen molar-refractivity contribution in [3.8, 4) is 0 Å². The van der Waals surface area contributed by atoms with E-state index in [0.29, 0.717) is 38.9 Å². The highest BCUT2D eigenvalue weighted by molar-refractivity contribution is 5.79. The Bertz CT molecular complexity index is 522. The standard InChI is InChI=1S/C20H31NO4/c1-5-17(21-19(23)25-20(2,3)4)14-18(22)12-9-13-24-15-16-10-7-6-8-11-16/h6-8,10-11,17H,5,9,12-15H2,1-4H3,(H,21,23). The normalized spacial score (nSPS) is 12.5. The molecule has 0 aromatic heterocycles. The van der Waals surface area contributed by atoms with Crippen LogP contribution in [0.4, 0.5) is 4.79 Å². The lowest BCUT2D eigenvalue weighted by Gasteiger charge is -2.22. The first-order chi connectivity index (χ1) is 11.8. The smallest absolute Gasteiger partial charge is 0.407 e. The number of ether oxygens (including phenoxy) is 2. The maximum absolute atomic E-state index is 12.1. The minimum absolute atomic E-state index is 0.131. The van der Waals surface area contributed by atoms with Crippen molar-refractivity contribution in [2.24, 2.45) is 0 Å². The van der Waals surface area contributed by atoms with Crippen molar-refractivity contribution < 1.29 is 19.1 Å². The number of amides is 1. The number of rotatable bonds is 10. The summed E-state index contributed by atoms with van der Waals surface area (Å²) in [6.07, 6.45) is 1.69. The number of Topliss-reactive ketones (excluding diaryl/α,β-unsaturated/α-hetero) is 1. The minimum atomic E-state index is -0.539. The molecule has 0 bridgehead atoms. The molecular weight excluding hydrogens is 318 g/mol. The summed E-state index contributed by atoms with van der Waals surface area (Å²) in [5.74, 6) is 0.131. The third kappa shape index (κ3) is 10.6. The highest BCUT2D eigenvalue weighted by Gasteiger charge is 2.20. The summed E-state index contributed by atoms with van der Waals surface area (Å²) >= 11 is 0. The van der Waals surface area contributed by atoms with E-state index in [2.05, 4.69) is 5.32 Å². The summed E-state index contributed by atoms with van der Waals surface area (Å²) < 4.78 is 10.8. The number of carbonyl (C=O) groups excluding carboxylic acids is 2. The first-order valence-electron chi connectivity index (χ1n) is 8.93. The molecule has 0 aliphatic rings. The second-order valence-corrected chi connectivity index (χ2v) is 7.14. The van der Waals surface area contributed by atoms with Gasteiger partial charge in [0.05, 0.1) is 6.61 Å². The molecule has 0 radical (unpaired) electrons. The largest absolute Gasteiger partial charge is 0.444 e. The first-order valence-corrected chi connectivity index (χ1v) is 8.93. The van der Waals surface area contributed by atoms with Gasteiger partial charge in [0.1, 0.15) is 11.4 Å². The lowest BCUT2D eigenvalue weighted by Crippen LogP contribution is -2.39. The van der Waals surface area contributed by atoms with Crippen LogP contribution in [0.5, 0.6) is 0 Å². The van der Waals surface area contributed by atoms with Crippen molar-refractivity contribution >= 4 is 11.9 Å². The van der Waals surface area contributed by atoms with Gasteiger partial charge in [0.25, 0.3) is 0 Å². The topological polar surface area (TPSA) is 64.6 Å². The van der Waals surface area contributed by atoms with E-state index in [-0.39, 0.29) is 11.8 Å². The van der Waals surface area contributed by atoms with Crippen LogP contribution in [0.15, 0.2) is 30.3 Å². The van der Waals surface area contributed by atoms with Crippen LogP contribution in [-0.2, 0) is 20.9 Å². The van der Waals surface area contributed by atoms with E-state index >= 15 is 0 Å². The van der Waals surface area contributed by atoms with Crippen molar-refractivity contribution in [1.82, 2.24) is 5.32 Å². The first kappa shape index (κ1) is 21.2. The molecule has 0 aliphatic heterocycles. The van der Waals surface area contributed by atoms with Crippen LogP contribution >= 0.6 is 0 Å². The van der Waals surface area contributed by atoms with Crippen LogP contribution in [0.1, 0.15) is 58.9 Å². The molecule has 1 amide bonds. The fourth-order valence-corrected chi connectivity index (χ4v) is 2.28. The predicted octanol–water partition coefficient (Wildman–Crippen LogP) is 4.25. The Morgan fingerprint density at radius 2 is 1.84 bits per heavy atom. The number of hydrogen-bond acceptors (Lipinski definition) is 4. The molecule has 1 N–H and O–H groups in total. The zero-order chi connectivity index (χ0) is 18.7. The number of alkyl carbamates (subject to hydrolysis) is 1. The Labute approximate surface area is 151 Å². The van der Waals surface area contributed by atoms with Crippen molar-refractivity contribution in [3.63, 3.8) is 0 Å².